The number of nitrogens with two attached hydrogens (primary N) is 1. The highest BCUT2D eigenvalue weighted by Crippen LogP contribution is 2.26. The van der Waals surface area contributed by atoms with Crippen LogP contribution in [0.1, 0.15) is 30.8 Å². The summed E-state index contributed by atoms with van der Waals surface area (Å²) < 4.78 is 5.90. The molecule has 3 N–H and O–H groups in total. The summed E-state index contributed by atoms with van der Waals surface area (Å²) in [6.45, 7) is 6.28. The van der Waals surface area contributed by atoms with E-state index in [-0.39, 0.29) is 30.3 Å². The molecule has 2 heterocycles. The summed E-state index contributed by atoms with van der Waals surface area (Å²) >= 11 is 6.47. The molecule has 37 heavy (non-hydrogen) atoms. The minimum Gasteiger partial charge on any atom is -0.424 e. The lowest BCUT2D eigenvalue weighted by atomic mass is 10.0. The topological polar surface area (TPSA) is 118 Å². The predicted octanol–water partition coefficient (Wildman–Crippen LogP) is 4.09. The van der Waals surface area contributed by atoms with Gasteiger partial charge in [-0.05, 0) is 41.8 Å². The Morgan fingerprint density at radius 1 is 1.08 bits per heavy atom. The van der Waals surface area contributed by atoms with Crippen LogP contribution in [-0.4, -0.2) is 57.0 Å². The van der Waals surface area contributed by atoms with Crippen LogP contribution in [0.15, 0.2) is 59.6 Å². The number of benzene rings is 2. The first-order valence-corrected chi connectivity index (χ1v) is 12.2. The number of nitrogens with zero attached hydrogens (tertiary/aromatic N) is 5. The van der Waals surface area contributed by atoms with Crippen LogP contribution in [0.4, 0.5) is 11.6 Å². The Hall–Kier alpha value is -3.95. The number of piperazine rings is 1. The number of aliphatic hydroxyl groups excluding tert-OH is 1. The van der Waals surface area contributed by atoms with Gasteiger partial charge in [-0.25, -0.2) is 0 Å². The minimum absolute atomic E-state index is 0.00329. The van der Waals surface area contributed by atoms with Crippen LogP contribution in [0, 0.1) is 0 Å². The summed E-state index contributed by atoms with van der Waals surface area (Å²) in [7, 11) is 0. The van der Waals surface area contributed by atoms with Crippen molar-refractivity contribution in [2.24, 2.45) is 0 Å². The first kappa shape index (κ1) is 26.1. The van der Waals surface area contributed by atoms with E-state index in [0.717, 1.165) is 35.5 Å². The van der Waals surface area contributed by atoms with Gasteiger partial charge in [0.05, 0.1) is 6.61 Å². The van der Waals surface area contributed by atoms with Gasteiger partial charge in [-0.15, -0.1) is 0 Å². The molecule has 9 nitrogen and oxygen atoms in total. The molecule has 2 aromatic carbocycles. The van der Waals surface area contributed by atoms with Gasteiger partial charge in [0, 0.05) is 56.0 Å². The van der Waals surface area contributed by atoms with Gasteiger partial charge in [0.1, 0.15) is 5.75 Å². The molecule has 0 atom stereocenters. The molecule has 0 radical (unpaired) electrons. The molecule has 1 amide bonds. The van der Waals surface area contributed by atoms with Crippen molar-refractivity contribution in [3.63, 3.8) is 0 Å². The number of nitrogen functional groups attached to an aromatic ring is 1. The van der Waals surface area contributed by atoms with Crippen LogP contribution >= 0.6 is 11.6 Å². The van der Waals surface area contributed by atoms with Gasteiger partial charge in [0.15, 0.2) is 5.82 Å². The van der Waals surface area contributed by atoms with Gasteiger partial charge in [-0.1, -0.05) is 41.9 Å². The van der Waals surface area contributed by atoms with Gasteiger partial charge < -0.3 is 25.4 Å². The summed E-state index contributed by atoms with van der Waals surface area (Å²) in [5, 5.41) is 9.98. The standard InChI is InChI=1S/C27H29ClN6O3/c1-18(24-9-4-3-6-20(24)17-35)14-21(28)15-25-30-26(29)32-27(31-25)37-23-8-5-7-22(16-23)34-12-10-33(11-13-34)19(2)36/h3-9,14-16,35H,10-13,17H2,1-2H3,(H2,29,30,31,32)/b18-14-,21-15-. The summed E-state index contributed by atoms with van der Waals surface area (Å²) in [6, 6.07) is 15.2. The van der Waals surface area contributed by atoms with Crippen molar-refractivity contribution < 1.29 is 14.6 Å². The van der Waals surface area contributed by atoms with Crippen LogP contribution in [0.25, 0.3) is 11.6 Å². The molecule has 3 aromatic rings. The fraction of sp³-hybridized carbons (Fsp3) is 0.259. The molecule has 0 aliphatic carbocycles. The number of amides is 1. The highest BCUT2D eigenvalue weighted by atomic mass is 35.5. The van der Waals surface area contributed by atoms with E-state index in [2.05, 4.69) is 19.9 Å². The first-order valence-electron chi connectivity index (χ1n) is 11.9. The predicted molar refractivity (Wildman–Crippen MR) is 145 cm³/mol. The van der Waals surface area contributed by atoms with Crippen LogP contribution in [0.3, 0.4) is 0 Å². The lowest BCUT2D eigenvalue weighted by Crippen LogP contribution is -2.48. The van der Waals surface area contributed by atoms with E-state index in [9.17, 15) is 9.90 Å². The Kier molecular flexibility index (Phi) is 8.37. The zero-order valence-corrected chi connectivity index (χ0v) is 21.5. The number of ether oxygens (including phenoxy) is 1. The summed E-state index contributed by atoms with van der Waals surface area (Å²) in [5.41, 5.74) is 9.48. The average molecular weight is 521 g/mol. The number of hydrogen-bond donors (Lipinski definition) is 2. The van der Waals surface area contributed by atoms with Crippen molar-refractivity contribution in [2.75, 3.05) is 36.8 Å². The van der Waals surface area contributed by atoms with Gasteiger partial charge in [0.25, 0.3) is 0 Å². The number of anilines is 2. The van der Waals surface area contributed by atoms with Crippen molar-refractivity contribution in [3.05, 3.63) is 76.6 Å². The molecule has 0 unspecified atom stereocenters. The van der Waals surface area contributed by atoms with E-state index in [0.29, 0.717) is 23.9 Å². The van der Waals surface area contributed by atoms with E-state index in [1.54, 1.807) is 19.1 Å². The second-order valence-electron chi connectivity index (χ2n) is 8.60. The van der Waals surface area contributed by atoms with Gasteiger partial charge in [-0.3, -0.25) is 4.79 Å². The second-order valence-corrected chi connectivity index (χ2v) is 9.04. The highest BCUT2D eigenvalue weighted by Gasteiger charge is 2.19. The number of halogens is 1. The number of hydrogen-bond acceptors (Lipinski definition) is 8. The van der Waals surface area contributed by atoms with Crippen LogP contribution in [0.2, 0.25) is 0 Å². The molecular weight excluding hydrogens is 492 g/mol. The van der Waals surface area contributed by atoms with E-state index in [1.165, 1.54) is 0 Å². The van der Waals surface area contributed by atoms with E-state index < -0.39 is 0 Å². The maximum atomic E-state index is 11.6. The van der Waals surface area contributed by atoms with Gasteiger partial charge in [-0.2, -0.15) is 15.0 Å². The molecule has 1 aliphatic rings. The van der Waals surface area contributed by atoms with Crippen molar-refractivity contribution >= 4 is 40.8 Å². The maximum Gasteiger partial charge on any atom is 0.327 e. The molecule has 1 saturated heterocycles. The van der Waals surface area contributed by atoms with E-state index >= 15 is 0 Å². The molecule has 0 saturated carbocycles. The normalized spacial score (nSPS) is 14.6. The number of allylic oxidation sites excluding steroid dienone is 3. The zero-order valence-electron chi connectivity index (χ0n) is 20.8. The van der Waals surface area contributed by atoms with Crippen molar-refractivity contribution in [1.82, 2.24) is 19.9 Å². The SMILES string of the molecule is CC(=O)N1CCN(c2cccc(Oc3nc(N)nc(/C=C(Cl)/C=C(/C)c4ccccc4CO)n3)c2)CC1. The number of aromatic nitrogens is 3. The van der Waals surface area contributed by atoms with Crippen LogP contribution < -0.4 is 15.4 Å². The fourth-order valence-electron chi connectivity index (χ4n) is 4.12. The molecule has 4 rings (SSSR count). The third-order valence-corrected chi connectivity index (χ3v) is 6.22. The molecule has 0 bridgehead atoms. The number of aliphatic hydroxyl groups is 1. The lowest BCUT2D eigenvalue weighted by Gasteiger charge is -2.35. The minimum atomic E-state index is -0.0663. The second kappa shape index (κ2) is 11.9. The molecule has 1 aliphatic heterocycles. The zero-order chi connectivity index (χ0) is 26.4. The van der Waals surface area contributed by atoms with E-state index in [1.807, 2.05) is 60.4 Å². The average Bonchev–Trinajstić information content (AvgIpc) is 2.88. The van der Waals surface area contributed by atoms with Gasteiger partial charge >= 0.3 is 6.01 Å². The third kappa shape index (κ3) is 6.84. The molecule has 1 aromatic heterocycles. The summed E-state index contributed by atoms with van der Waals surface area (Å²) in [6.07, 6.45) is 3.34. The Morgan fingerprint density at radius 3 is 2.57 bits per heavy atom. The monoisotopic (exact) mass is 520 g/mol. The van der Waals surface area contributed by atoms with Crippen LogP contribution in [0.5, 0.6) is 11.8 Å². The lowest BCUT2D eigenvalue weighted by molar-refractivity contribution is -0.129. The molecular formula is C27H29ClN6O3. The molecule has 10 heteroatoms. The Balaban J connectivity index is 1.50. The van der Waals surface area contributed by atoms with Crippen molar-refractivity contribution in [3.8, 4) is 11.8 Å². The summed E-state index contributed by atoms with van der Waals surface area (Å²) in [5.74, 6) is 0.899. The molecule has 1 fully saturated rings. The van der Waals surface area contributed by atoms with E-state index in [4.69, 9.17) is 22.1 Å². The van der Waals surface area contributed by atoms with Crippen molar-refractivity contribution in [1.29, 1.82) is 0 Å². The Morgan fingerprint density at radius 2 is 1.84 bits per heavy atom. The maximum absolute atomic E-state index is 11.6. The molecule has 192 valence electrons. The third-order valence-electron chi connectivity index (χ3n) is 6.00. The number of rotatable bonds is 7. The van der Waals surface area contributed by atoms with Gasteiger partial charge in [0.2, 0.25) is 11.9 Å². The Labute approximate surface area is 220 Å². The molecule has 0 spiro atoms. The fourth-order valence-corrected chi connectivity index (χ4v) is 4.38. The Bertz CT molecular complexity index is 1340. The number of carbonyl (C=O) groups is 1. The van der Waals surface area contributed by atoms with Crippen LogP contribution in [-0.2, 0) is 11.4 Å². The first-order chi connectivity index (χ1) is 17.8. The highest BCUT2D eigenvalue weighted by molar-refractivity contribution is 6.33. The quantitative estimate of drug-likeness (QED) is 0.447. The number of carbonyl (C=O) groups excluding carboxylic acids is 1. The van der Waals surface area contributed by atoms with Crippen molar-refractivity contribution in [2.45, 2.75) is 20.5 Å². The smallest absolute Gasteiger partial charge is 0.327 e. The summed E-state index contributed by atoms with van der Waals surface area (Å²) in [4.78, 5) is 28.2. The largest absolute Gasteiger partial charge is 0.424 e.